The molecule has 0 radical (unpaired) electrons. The molecule has 0 aliphatic rings. The number of halogens is 1. The summed E-state index contributed by atoms with van der Waals surface area (Å²) in [5.74, 6) is 0.550. The highest BCUT2D eigenvalue weighted by Crippen LogP contribution is 2.13. The van der Waals surface area contributed by atoms with Crippen molar-refractivity contribution in [1.29, 1.82) is 0 Å². The van der Waals surface area contributed by atoms with Gasteiger partial charge in [0.15, 0.2) is 0 Å². The largest absolute Gasteiger partial charge is 0.270 e. The molecule has 1 aromatic carbocycles. The lowest BCUT2D eigenvalue weighted by molar-refractivity contribution is 0.560. The number of hydrogen-bond acceptors (Lipinski definition) is 3. The fraction of sp³-hybridized carbons (Fsp3) is 0.400. The maximum Gasteiger partial charge on any atom is 0.240 e. The van der Waals surface area contributed by atoms with E-state index in [9.17, 15) is 8.42 Å². The Morgan fingerprint density at radius 1 is 1.27 bits per heavy atom. The van der Waals surface area contributed by atoms with Crippen LogP contribution in [0, 0.1) is 5.92 Å². The van der Waals surface area contributed by atoms with Crippen molar-refractivity contribution in [2.24, 2.45) is 5.92 Å². The van der Waals surface area contributed by atoms with Gasteiger partial charge < -0.3 is 0 Å². The molecule has 7 heteroatoms. The first-order valence-corrected chi connectivity index (χ1v) is 9.41. The first kappa shape index (κ1) is 17.2. The van der Waals surface area contributed by atoms with Gasteiger partial charge in [0.2, 0.25) is 10.0 Å². The molecule has 0 saturated heterocycles. The average molecular weight is 386 g/mol. The molecule has 120 valence electrons. The highest BCUT2D eigenvalue weighted by atomic mass is 79.9. The zero-order chi connectivity index (χ0) is 16.2. The lowest BCUT2D eigenvalue weighted by atomic mass is 10.0. The van der Waals surface area contributed by atoms with Gasteiger partial charge in [-0.3, -0.25) is 4.68 Å². The van der Waals surface area contributed by atoms with Gasteiger partial charge in [-0.2, -0.15) is 5.10 Å². The van der Waals surface area contributed by atoms with Crippen LogP contribution in [-0.2, 0) is 23.0 Å². The van der Waals surface area contributed by atoms with E-state index in [0.29, 0.717) is 23.9 Å². The summed E-state index contributed by atoms with van der Waals surface area (Å²) in [6.45, 7) is 5.06. The molecule has 1 heterocycles. The Labute approximate surface area is 139 Å². The van der Waals surface area contributed by atoms with Crippen LogP contribution >= 0.6 is 15.9 Å². The SMILES string of the molecule is CC(C)Cc1ccc(S(=O)(=O)NCCn2cc(Br)cn2)cc1. The molecule has 2 rings (SSSR count). The maximum absolute atomic E-state index is 12.2. The van der Waals surface area contributed by atoms with Crippen molar-refractivity contribution in [3.63, 3.8) is 0 Å². The monoisotopic (exact) mass is 385 g/mol. The van der Waals surface area contributed by atoms with E-state index in [2.05, 4.69) is 39.6 Å². The van der Waals surface area contributed by atoms with Crippen molar-refractivity contribution < 1.29 is 8.42 Å². The molecule has 22 heavy (non-hydrogen) atoms. The van der Waals surface area contributed by atoms with Crippen molar-refractivity contribution in [2.45, 2.75) is 31.7 Å². The summed E-state index contributed by atoms with van der Waals surface area (Å²) in [5, 5.41) is 4.08. The second-order valence-corrected chi connectivity index (χ2v) is 8.24. The van der Waals surface area contributed by atoms with E-state index in [1.54, 1.807) is 29.2 Å². The molecule has 0 amide bonds. The first-order chi connectivity index (χ1) is 10.4. The van der Waals surface area contributed by atoms with Crippen LogP contribution in [0.5, 0.6) is 0 Å². The second kappa shape index (κ2) is 7.39. The van der Waals surface area contributed by atoms with E-state index in [1.807, 2.05) is 12.1 Å². The normalized spacial score (nSPS) is 12.0. The smallest absolute Gasteiger partial charge is 0.240 e. The van der Waals surface area contributed by atoms with Crippen molar-refractivity contribution >= 4 is 26.0 Å². The van der Waals surface area contributed by atoms with Crippen molar-refractivity contribution in [1.82, 2.24) is 14.5 Å². The number of nitrogens with one attached hydrogen (secondary N) is 1. The van der Waals surface area contributed by atoms with Gasteiger partial charge in [0.05, 0.1) is 22.1 Å². The van der Waals surface area contributed by atoms with Gasteiger partial charge in [-0.1, -0.05) is 26.0 Å². The number of benzene rings is 1. The number of nitrogens with zero attached hydrogens (tertiary/aromatic N) is 2. The first-order valence-electron chi connectivity index (χ1n) is 7.13. The summed E-state index contributed by atoms with van der Waals surface area (Å²) < 4.78 is 29.6. The van der Waals surface area contributed by atoms with Gasteiger partial charge in [0.1, 0.15) is 0 Å². The van der Waals surface area contributed by atoms with Crippen LogP contribution in [0.3, 0.4) is 0 Å². The fourth-order valence-corrected chi connectivity index (χ4v) is 3.46. The summed E-state index contributed by atoms with van der Waals surface area (Å²) in [5.41, 5.74) is 1.15. The highest BCUT2D eigenvalue weighted by Gasteiger charge is 2.13. The fourth-order valence-electron chi connectivity index (χ4n) is 2.11. The van der Waals surface area contributed by atoms with E-state index in [-0.39, 0.29) is 0 Å². The van der Waals surface area contributed by atoms with Crippen molar-refractivity contribution in [2.75, 3.05) is 6.54 Å². The molecule has 0 bridgehead atoms. The highest BCUT2D eigenvalue weighted by molar-refractivity contribution is 9.10. The molecule has 0 fully saturated rings. The molecule has 1 aromatic heterocycles. The Morgan fingerprint density at radius 2 is 1.95 bits per heavy atom. The number of sulfonamides is 1. The lowest BCUT2D eigenvalue weighted by Gasteiger charge is -2.09. The van der Waals surface area contributed by atoms with E-state index in [0.717, 1.165) is 16.5 Å². The van der Waals surface area contributed by atoms with Crippen LogP contribution in [0.15, 0.2) is 46.0 Å². The standard InChI is InChI=1S/C15H20BrN3O2S/c1-12(2)9-13-3-5-15(6-4-13)22(20,21)18-7-8-19-11-14(16)10-17-19/h3-6,10-12,18H,7-9H2,1-2H3. The zero-order valence-corrected chi connectivity index (χ0v) is 15.1. The minimum absolute atomic E-state index is 0.293. The summed E-state index contributed by atoms with van der Waals surface area (Å²) >= 11 is 3.30. The molecule has 2 aromatic rings. The Hall–Kier alpha value is -1.18. The minimum atomic E-state index is -3.47. The zero-order valence-electron chi connectivity index (χ0n) is 12.7. The third kappa shape index (κ3) is 4.93. The molecule has 0 saturated carbocycles. The van der Waals surface area contributed by atoms with E-state index >= 15 is 0 Å². The maximum atomic E-state index is 12.2. The molecule has 0 spiro atoms. The van der Waals surface area contributed by atoms with Crippen LogP contribution < -0.4 is 4.72 Å². The second-order valence-electron chi connectivity index (χ2n) is 5.56. The Morgan fingerprint density at radius 3 is 2.50 bits per heavy atom. The Kier molecular flexibility index (Phi) is 5.77. The molecular weight excluding hydrogens is 366 g/mol. The van der Waals surface area contributed by atoms with Crippen LogP contribution in [-0.4, -0.2) is 24.7 Å². The lowest BCUT2D eigenvalue weighted by Crippen LogP contribution is -2.27. The van der Waals surface area contributed by atoms with E-state index in [4.69, 9.17) is 0 Å². The molecular formula is C15H20BrN3O2S. The van der Waals surface area contributed by atoms with E-state index < -0.39 is 10.0 Å². The number of aromatic nitrogens is 2. The molecule has 0 aliphatic heterocycles. The molecule has 0 atom stereocenters. The van der Waals surface area contributed by atoms with Crippen molar-refractivity contribution in [3.8, 4) is 0 Å². The molecule has 5 nitrogen and oxygen atoms in total. The van der Waals surface area contributed by atoms with Crippen LogP contribution in [0.2, 0.25) is 0 Å². The van der Waals surface area contributed by atoms with Gasteiger partial charge in [-0.15, -0.1) is 0 Å². The summed E-state index contributed by atoms with van der Waals surface area (Å²) in [6, 6.07) is 7.06. The third-order valence-electron chi connectivity index (χ3n) is 3.11. The van der Waals surface area contributed by atoms with Gasteiger partial charge in [-0.25, -0.2) is 13.1 Å². The van der Waals surface area contributed by atoms with Gasteiger partial charge in [0, 0.05) is 12.7 Å². The van der Waals surface area contributed by atoms with Gasteiger partial charge in [0.25, 0.3) is 0 Å². The third-order valence-corrected chi connectivity index (χ3v) is 5.00. The predicted molar refractivity (Wildman–Crippen MR) is 90.1 cm³/mol. The predicted octanol–water partition coefficient (Wildman–Crippen LogP) is 2.82. The average Bonchev–Trinajstić information content (AvgIpc) is 2.84. The molecule has 0 aliphatic carbocycles. The minimum Gasteiger partial charge on any atom is -0.270 e. The van der Waals surface area contributed by atoms with Crippen molar-refractivity contribution in [3.05, 3.63) is 46.7 Å². The molecule has 0 unspecified atom stereocenters. The van der Waals surface area contributed by atoms with E-state index in [1.165, 1.54) is 0 Å². The van der Waals surface area contributed by atoms with Crippen LogP contribution in [0.4, 0.5) is 0 Å². The van der Waals surface area contributed by atoms with Gasteiger partial charge in [-0.05, 0) is 46.0 Å². The summed E-state index contributed by atoms with van der Waals surface area (Å²) in [6.07, 6.45) is 4.42. The van der Waals surface area contributed by atoms with Gasteiger partial charge >= 0.3 is 0 Å². The van der Waals surface area contributed by atoms with Crippen LogP contribution in [0.1, 0.15) is 19.4 Å². The summed E-state index contributed by atoms with van der Waals surface area (Å²) in [4.78, 5) is 0.293. The molecule has 1 N–H and O–H groups in total. The number of rotatable bonds is 7. The Bertz CT molecular complexity index is 709. The quantitative estimate of drug-likeness (QED) is 0.796. The summed E-state index contributed by atoms with van der Waals surface area (Å²) in [7, 11) is -3.47. The topological polar surface area (TPSA) is 64.0 Å². The van der Waals surface area contributed by atoms with Crippen LogP contribution in [0.25, 0.3) is 0 Å². The number of hydrogen-bond donors (Lipinski definition) is 1. The Balaban J connectivity index is 1.94.